The summed E-state index contributed by atoms with van der Waals surface area (Å²) in [4.78, 5) is 11.5. The first-order chi connectivity index (χ1) is 6.25. The fourth-order valence-electron chi connectivity index (χ4n) is 1.06. The van der Waals surface area contributed by atoms with Crippen LogP contribution >= 0.6 is 11.8 Å². The third kappa shape index (κ3) is 2.60. The zero-order chi connectivity index (χ0) is 9.68. The number of aryl methyl sites for hydroxylation is 1. The second-order valence-electron chi connectivity index (χ2n) is 2.62. The van der Waals surface area contributed by atoms with Crippen molar-refractivity contribution in [3.63, 3.8) is 0 Å². The number of nitriles is 1. The van der Waals surface area contributed by atoms with E-state index >= 15 is 0 Å². The van der Waals surface area contributed by atoms with Gasteiger partial charge in [0.2, 0.25) is 0 Å². The molecule has 0 bridgehead atoms. The molecule has 0 aliphatic heterocycles. The van der Waals surface area contributed by atoms with Crippen LogP contribution in [0.3, 0.4) is 0 Å². The van der Waals surface area contributed by atoms with E-state index in [-0.39, 0.29) is 11.5 Å². The Balaban J connectivity index is 2.78. The average Bonchev–Trinajstić information content (AvgIpc) is 2.15. The fourth-order valence-corrected chi connectivity index (χ4v) is 1.41. The Labute approximate surface area is 81.6 Å². The predicted molar refractivity (Wildman–Crippen MR) is 53.6 cm³/mol. The van der Waals surface area contributed by atoms with Gasteiger partial charge in [0.1, 0.15) is 5.40 Å². The Bertz CT molecular complexity index is 354. The normalized spacial score (nSPS) is 9.23. The van der Waals surface area contributed by atoms with E-state index in [0.717, 1.165) is 17.3 Å². The van der Waals surface area contributed by atoms with Crippen LogP contribution in [0.4, 0.5) is 0 Å². The Morgan fingerprint density at radius 2 is 2.23 bits per heavy atom. The molecule has 0 heterocycles. The molecule has 0 aliphatic rings. The van der Waals surface area contributed by atoms with Crippen LogP contribution in [0.2, 0.25) is 0 Å². The molecule has 1 aromatic rings. The summed E-state index contributed by atoms with van der Waals surface area (Å²) in [5.41, 5.74) is 1.68. The number of hydrogen-bond acceptors (Lipinski definition) is 3. The molecule has 0 spiro atoms. The first kappa shape index (κ1) is 9.82. The lowest BCUT2D eigenvalue weighted by molar-refractivity contribution is 0.102. The van der Waals surface area contributed by atoms with Gasteiger partial charge in [0.15, 0.2) is 5.78 Å². The Morgan fingerprint density at radius 3 is 2.85 bits per heavy atom. The molecule has 0 atom stereocenters. The lowest BCUT2D eigenvalue weighted by Crippen LogP contribution is -2.03. The number of hydrogen-bond donors (Lipinski definition) is 0. The molecule has 3 heteroatoms. The van der Waals surface area contributed by atoms with Gasteiger partial charge >= 0.3 is 0 Å². The zero-order valence-corrected chi connectivity index (χ0v) is 8.10. The summed E-state index contributed by atoms with van der Waals surface area (Å²) in [6.45, 7) is 1.89. The van der Waals surface area contributed by atoms with Gasteiger partial charge < -0.3 is 0 Å². The highest BCUT2D eigenvalue weighted by atomic mass is 32.2. The molecule has 1 aromatic carbocycles. The molecule has 0 N–H and O–H groups in total. The summed E-state index contributed by atoms with van der Waals surface area (Å²) in [7, 11) is 0. The van der Waals surface area contributed by atoms with Crippen molar-refractivity contribution in [1.82, 2.24) is 0 Å². The minimum atomic E-state index is 0.0182. The number of rotatable bonds is 3. The predicted octanol–water partition coefficient (Wildman–Crippen LogP) is 2.39. The summed E-state index contributed by atoms with van der Waals surface area (Å²) in [5.74, 6) is 0.256. The van der Waals surface area contributed by atoms with Crippen molar-refractivity contribution < 1.29 is 4.79 Å². The lowest BCUT2D eigenvalue weighted by Gasteiger charge is -2.01. The van der Waals surface area contributed by atoms with Gasteiger partial charge in [0, 0.05) is 5.56 Å². The first-order valence-corrected chi connectivity index (χ1v) is 4.84. The second-order valence-corrected chi connectivity index (χ2v) is 3.38. The number of carbonyl (C=O) groups excluding carboxylic acids is 1. The number of benzene rings is 1. The monoisotopic (exact) mass is 191 g/mol. The molecule has 0 saturated carbocycles. The van der Waals surface area contributed by atoms with Crippen LogP contribution in [0.25, 0.3) is 0 Å². The van der Waals surface area contributed by atoms with Gasteiger partial charge in [-0.05, 0) is 24.2 Å². The Morgan fingerprint density at radius 1 is 1.54 bits per heavy atom. The number of thioether (sulfide) groups is 1. The molecule has 66 valence electrons. The standard InChI is InChI=1S/C10H9NOS/c1-8-4-2-3-5-9(8)10(12)6-13-7-11/h2-5H,6H2,1H3. The van der Waals surface area contributed by atoms with Crippen LogP contribution in [0.5, 0.6) is 0 Å². The first-order valence-electron chi connectivity index (χ1n) is 3.85. The third-order valence-corrected chi connectivity index (χ3v) is 2.25. The van der Waals surface area contributed by atoms with Gasteiger partial charge in [-0.1, -0.05) is 24.3 Å². The van der Waals surface area contributed by atoms with Crippen molar-refractivity contribution in [2.75, 3.05) is 5.75 Å². The molecule has 13 heavy (non-hydrogen) atoms. The summed E-state index contributed by atoms with van der Waals surface area (Å²) < 4.78 is 0. The van der Waals surface area contributed by atoms with Crippen molar-refractivity contribution in [2.24, 2.45) is 0 Å². The van der Waals surface area contributed by atoms with Crippen molar-refractivity contribution in [1.29, 1.82) is 5.26 Å². The number of carbonyl (C=O) groups is 1. The molecule has 0 radical (unpaired) electrons. The van der Waals surface area contributed by atoms with E-state index in [9.17, 15) is 4.79 Å². The molecular formula is C10H9NOS. The molecule has 0 saturated heterocycles. The molecule has 2 nitrogen and oxygen atoms in total. The SMILES string of the molecule is Cc1ccccc1C(=O)CSC#N. The molecular weight excluding hydrogens is 182 g/mol. The zero-order valence-electron chi connectivity index (χ0n) is 7.28. The maximum atomic E-state index is 11.5. The average molecular weight is 191 g/mol. The van der Waals surface area contributed by atoms with Gasteiger partial charge in [0.05, 0.1) is 5.75 Å². The van der Waals surface area contributed by atoms with Gasteiger partial charge in [-0.2, -0.15) is 5.26 Å². The van der Waals surface area contributed by atoms with Crippen LogP contribution in [-0.2, 0) is 0 Å². The van der Waals surface area contributed by atoms with Gasteiger partial charge in [-0.15, -0.1) is 0 Å². The van der Waals surface area contributed by atoms with Crippen LogP contribution < -0.4 is 0 Å². The molecule has 0 amide bonds. The molecule has 0 fully saturated rings. The fraction of sp³-hybridized carbons (Fsp3) is 0.200. The van der Waals surface area contributed by atoms with Crippen LogP contribution in [0, 0.1) is 17.6 Å². The molecule has 1 rings (SSSR count). The highest BCUT2D eigenvalue weighted by molar-refractivity contribution is 8.04. The number of nitrogens with zero attached hydrogens (tertiary/aromatic N) is 1. The van der Waals surface area contributed by atoms with E-state index in [1.165, 1.54) is 0 Å². The summed E-state index contributed by atoms with van der Waals surface area (Å²) in [6, 6.07) is 7.40. The Kier molecular flexibility index (Phi) is 3.53. The highest BCUT2D eigenvalue weighted by Crippen LogP contribution is 2.10. The lowest BCUT2D eigenvalue weighted by atomic mass is 10.1. The van der Waals surface area contributed by atoms with Gasteiger partial charge in [-0.25, -0.2) is 0 Å². The Hall–Kier alpha value is -1.27. The van der Waals surface area contributed by atoms with Crippen molar-refractivity contribution in [3.05, 3.63) is 35.4 Å². The summed E-state index contributed by atoms with van der Waals surface area (Å²) in [5, 5.41) is 10.2. The van der Waals surface area contributed by atoms with Crippen LogP contribution in [0.15, 0.2) is 24.3 Å². The van der Waals surface area contributed by atoms with E-state index in [4.69, 9.17) is 5.26 Å². The van der Waals surface area contributed by atoms with Gasteiger partial charge in [0.25, 0.3) is 0 Å². The highest BCUT2D eigenvalue weighted by Gasteiger charge is 2.07. The third-order valence-electron chi connectivity index (χ3n) is 1.71. The van der Waals surface area contributed by atoms with E-state index in [0.29, 0.717) is 5.56 Å². The van der Waals surface area contributed by atoms with Crippen molar-refractivity contribution >= 4 is 17.5 Å². The maximum Gasteiger partial charge on any atom is 0.174 e. The topological polar surface area (TPSA) is 40.9 Å². The van der Waals surface area contributed by atoms with E-state index < -0.39 is 0 Å². The molecule has 0 aliphatic carbocycles. The van der Waals surface area contributed by atoms with E-state index in [1.54, 1.807) is 6.07 Å². The summed E-state index contributed by atoms with van der Waals surface area (Å²) in [6.07, 6.45) is 0. The molecule has 0 aromatic heterocycles. The number of thiocyanates is 1. The summed E-state index contributed by atoms with van der Waals surface area (Å²) >= 11 is 0.976. The minimum Gasteiger partial charge on any atom is -0.293 e. The van der Waals surface area contributed by atoms with E-state index in [2.05, 4.69) is 0 Å². The molecule has 0 unspecified atom stereocenters. The van der Waals surface area contributed by atoms with Crippen molar-refractivity contribution in [3.8, 4) is 5.40 Å². The van der Waals surface area contributed by atoms with Gasteiger partial charge in [-0.3, -0.25) is 4.79 Å². The maximum absolute atomic E-state index is 11.5. The minimum absolute atomic E-state index is 0.0182. The van der Waals surface area contributed by atoms with Crippen LogP contribution in [-0.4, -0.2) is 11.5 Å². The smallest absolute Gasteiger partial charge is 0.174 e. The van der Waals surface area contributed by atoms with Crippen LogP contribution in [0.1, 0.15) is 15.9 Å². The quantitative estimate of drug-likeness (QED) is 0.544. The number of ketones is 1. The van der Waals surface area contributed by atoms with E-state index in [1.807, 2.05) is 30.5 Å². The largest absolute Gasteiger partial charge is 0.293 e. The number of Topliss-reactive ketones (excluding diaryl/α,β-unsaturated/α-hetero) is 1. The van der Waals surface area contributed by atoms with Crippen molar-refractivity contribution in [2.45, 2.75) is 6.92 Å². The second kappa shape index (κ2) is 4.68.